The molecule has 0 saturated carbocycles. The van der Waals surface area contributed by atoms with Crippen LogP contribution in [0, 0.1) is 5.92 Å². The number of benzene rings is 2. The molecule has 11 nitrogen and oxygen atoms in total. The highest BCUT2D eigenvalue weighted by Crippen LogP contribution is 2.09. The largest absolute Gasteiger partial charge is 0.480 e. The Morgan fingerprint density at radius 3 is 1.55 bits per heavy atom. The first-order valence-electron chi connectivity index (χ1n) is 13.2. The smallest absolute Gasteiger partial charge is 0.326 e. The second kappa shape index (κ2) is 16.0. The van der Waals surface area contributed by atoms with Crippen LogP contribution in [0.2, 0.25) is 0 Å². The third-order valence-corrected chi connectivity index (χ3v) is 6.19. The molecule has 4 amide bonds. The number of carboxylic acid groups (broad SMARTS) is 1. The van der Waals surface area contributed by atoms with E-state index in [0.29, 0.717) is 6.42 Å². The van der Waals surface area contributed by atoms with Crippen molar-refractivity contribution in [2.75, 3.05) is 0 Å². The van der Waals surface area contributed by atoms with Crippen molar-refractivity contribution in [3.05, 3.63) is 71.8 Å². The average molecular weight is 554 g/mol. The SMILES string of the molecule is CC(C)CC(N)C(=O)NC(Cc1ccccc1)C(=O)NC(Cc1ccccc1)C(=O)NC(CCC(N)=O)C(=O)O. The van der Waals surface area contributed by atoms with Crippen LogP contribution in [-0.2, 0) is 36.8 Å². The van der Waals surface area contributed by atoms with Crippen LogP contribution in [0.4, 0.5) is 0 Å². The number of aliphatic carboxylic acids is 1. The van der Waals surface area contributed by atoms with Crippen LogP contribution >= 0.6 is 0 Å². The fourth-order valence-corrected chi connectivity index (χ4v) is 4.10. The van der Waals surface area contributed by atoms with Crippen molar-refractivity contribution < 1.29 is 29.1 Å². The van der Waals surface area contributed by atoms with E-state index in [1.807, 2.05) is 32.0 Å². The zero-order valence-electron chi connectivity index (χ0n) is 22.8. The Labute approximate surface area is 234 Å². The minimum absolute atomic E-state index is 0.0550. The van der Waals surface area contributed by atoms with E-state index >= 15 is 0 Å². The van der Waals surface area contributed by atoms with Crippen molar-refractivity contribution in [2.45, 2.75) is 70.1 Å². The Balaban J connectivity index is 2.29. The van der Waals surface area contributed by atoms with Crippen molar-refractivity contribution in [2.24, 2.45) is 17.4 Å². The van der Waals surface area contributed by atoms with Crippen LogP contribution in [0.3, 0.4) is 0 Å². The third kappa shape index (κ3) is 11.2. The van der Waals surface area contributed by atoms with Gasteiger partial charge in [-0.3, -0.25) is 19.2 Å². The number of primary amides is 1. The molecule has 0 spiro atoms. The minimum atomic E-state index is -1.39. The fourth-order valence-electron chi connectivity index (χ4n) is 4.10. The van der Waals surface area contributed by atoms with Crippen molar-refractivity contribution in [3.63, 3.8) is 0 Å². The summed E-state index contributed by atoms with van der Waals surface area (Å²) < 4.78 is 0. The molecule has 0 heterocycles. The Kier molecular flexibility index (Phi) is 12.8. The van der Waals surface area contributed by atoms with Gasteiger partial charge in [0.05, 0.1) is 6.04 Å². The van der Waals surface area contributed by atoms with Crippen molar-refractivity contribution >= 4 is 29.6 Å². The predicted octanol–water partition coefficient (Wildman–Crippen LogP) is 0.650. The molecule has 0 fully saturated rings. The summed E-state index contributed by atoms with van der Waals surface area (Å²) in [6.07, 6.45) is 0.173. The Morgan fingerprint density at radius 1 is 0.725 bits per heavy atom. The first-order chi connectivity index (χ1) is 19.0. The van der Waals surface area contributed by atoms with E-state index in [0.717, 1.165) is 11.1 Å². The lowest BCUT2D eigenvalue weighted by atomic mass is 10.0. The number of nitrogens with one attached hydrogen (secondary N) is 3. The number of carbonyl (C=O) groups excluding carboxylic acids is 4. The van der Waals surface area contributed by atoms with E-state index < -0.39 is 53.8 Å². The molecular weight excluding hydrogens is 514 g/mol. The number of carboxylic acids is 1. The zero-order valence-corrected chi connectivity index (χ0v) is 22.8. The molecule has 0 aliphatic rings. The molecule has 4 atom stereocenters. The van der Waals surface area contributed by atoms with Gasteiger partial charge in [0.25, 0.3) is 0 Å². The number of hydrogen-bond donors (Lipinski definition) is 6. The fraction of sp³-hybridized carbons (Fsp3) is 0.414. The molecule has 0 radical (unpaired) electrons. The Bertz CT molecular complexity index is 1140. The molecule has 216 valence electrons. The van der Waals surface area contributed by atoms with Crippen LogP contribution in [0.25, 0.3) is 0 Å². The maximum atomic E-state index is 13.5. The quantitative estimate of drug-likeness (QED) is 0.176. The van der Waals surface area contributed by atoms with Gasteiger partial charge in [-0.25, -0.2) is 4.79 Å². The number of amides is 4. The van der Waals surface area contributed by atoms with Gasteiger partial charge in [0.15, 0.2) is 0 Å². The van der Waals surface area contributed by atoms with Gasteiger partial charge in [0.1, 0.15) is 18.1 Å². The lowest BCUT2D eigenvalue weighted by Gasteiger charge is -2.25. The first kappa shape index (κ1) is 32.0. The normalized spacial score (nSPS) is 13.9. The van der Waals surface area contributed by atoms with Crippen molar-refractivity contribution in [1.29, 1.82) is 0 Å². The van der Waals surface area contributed by atoms with Crippen molar-refractivity contribution in [1.82, 2.24) is 16.0 Å². The maximum absolute atomic E-state index is 13.5. The lowest BCUT2D eigenvalue weighted by Crippen LogP contribution is -2.58. The summed E-state index contributed by atoms with van der Waals surface area (Å²) in [5.41, 5.74) is 12.7. The molecule has 0 bridgehead atoms. The summed E-state index contributed by atoms with van der Waals surface area (Å²) in [4.78, 5) is 62.5. The topological polar surface area (TPSA) is 194 Å². The van der Waals surface area contributed by atoms with Crippen molar-refractivity contribution in [3.8, 4) is 0 Å². The van der Waals surface area contributed by atoms with E-state index in [2.05, 4.69) is 16.0 Å². The lowest BCUT2D eigenvalue weighted by molar-refractivity contribution is -0.142. The van der Waals surface area contributed by atoms with Gasteiger partial charge in [-0.1, -0.05) is 74.5 Å². The molecule has 0 aliphatic carbocycles. The molecule has 2 aromatic carbocycles. The van der Waals surface area contributed by atoms with Crippen LogP contribution < -0.4 is 27.4 Å². The number of rotatable bonds is 16. The molecule has 0 saturated heterocycles. The van der Waals surface area contributed by atoms with Gasteiger partial charge < -0.3 is 32.5 Å². The second-order valence-electron chi connectivity index (χ2n) is 10.1. The van der Waals surface area contributed by atoms with Crippen LogP contribution in [0.15, 0.2) is 60.7 Å². The molecule has 4 unspecified atom stereocenters. The van der Waals surface area contributed by atoms with Crippen LogP contribution in [0.5, 0.6) is 0 Å². The summed E-state index contributed by atoms with van der Waals surface area (Å²) in [6.45, 7) is 3.86. The van der Waals surface area contributed by atoms with E-state index in [1.165, 1.54) is 0 Å². The van der Waals surface area contributed by atoms with E-state index in [1.54, 1.807) is 42.5 Å². The first-order valence-corrected chi connectivity index (χ1v) is 13.2. The Morgan fingerprint density at radius 2 is 1.15 bits per heavy atom. The molecule has 11 heteroatoms. The summed E-state index contributed by atoms with van der Waals surface area (Å²) in [6, 6.07) is 13.5. The molecular formula is C29H39N5O6. The predicted molar refractivity (Wildman–Crippen MR) is 150 cm³/mol. The molecule has 0 aliphatic heterocycles. The monoisotopic (exact) mass is 553 g/mol. The molecule has 8 N–H and O–H groups in total. The number of carbonyl (C=O) groups is 5. The van der Waals surface area contributed by atoms with E-state index in [-0.39, 0.29) is 31.6 Å². The highest BCUT2D eigenvalue weighted by Gasteiger charge is 2.31. The average Bonchev–Trinajstić information content (AvgIpc) is 2.90. The highest BCUT2D eigenvalue weighted by molar-refractivity contribution is 5.94. The zero-order chi connectivity index (χ0) is 29.7. The summed E-state index contributed by atoms with van der Waals surface area (Å²) in [5.74, 6) is -3.76. The van der Waals surface area contributed by atoms with Gasteiger partial charge in [0.2, 0.25) is 23.6 Å². The standard InChI is InChI=1S/C29H39N5O6/c1-18(2)15-21(30)26(36)33-23(16-19-9-5-3-6-10-19)28(38)34-24(17-20-11-7-4-8-12-20)27(37)32-22(29(39)40)13-14-25(31)35/h3-12,18,21-24H,13-17,30H2,1-2H3,(H2,31,35)(H,32,37)(H,33,36)(H,34,38)(H,39,40). The summed E-state index contributed by atoms with van der Waals surface area (Å²) in [5, 5.41) is 17.3. The summed E-state index contributed by atoms with van der Waals surface area (Å²) >= 11 is 0. The third-order valence-electron chi connectivity index (χ3n) is 6.19. The number of hydrogen-bond acceptors (Lipinski definition) is 6. The maximum Gasteiger partial charge on any atom is 0.326 e. The van der Waals surface area contributed by atoms with E-state index in [4.69, 9.17) is 11.5 Å². The highest BCUT2D eigenvalue weighted by atomic mass is 16.4. The molecule has 40 heavy (non-hydrogen) atoms. The van der Waals surface area contributed by atoms with E-state index in [9.17, 15) is 29.1 Å². The Hall–Kier alpha value is -4.25. The molecule has 2 rings (SSSR count). The van der Waals surface area contributed by atoms with Gasteiger partial charge in [0, 0.05) is 19.3 Å². The molecule has 0 aromatic heterocycles. The van der Waals surface area contributed by atoms with Gasteiger partial charge in [-0.15, -0.1) is 0 Å². The van der Waals surface area contributed by atoms with Crippen LogP contribution in [0.1, 0.15) is 44.2 Å². The van der Waals surface area contributed by atoms with Gasteiger partial charge in [-0.2, -0.15) is 0 Å². The number of nitrogens with two attached hydrogens (primary N) is 2. The summed E-state index contributed by atoms with van der Waals surface area (Å²) in [7, 11) is 0. The van der Waals surface area contributed by atoms with Gasteiger partial charge in [-0.05, 0) is 29.9 Å². The van der Waals surface area contributed by atoms with Gasteiger partial charge >= 0.3 is 5.97 Å². The van der Waals surface area contributed by atoms with Crippen LogP contribution in [-0.4, -0.2) is 58.9 Å². The second-order valence-corrected chi connectivity index (χ2v) is 10.1. The molecule has 2 aromatic rings. The minimum Gasteiger partial charge on any atom is -0.480 e.